The molecule has 3 rings (SSSR count). The Hall–Kier alpha value is -1.63. The van der Waals surface area contributed by atoms with Gasteiger partial charge in [-0.3, -0.25) is 9.78 Å². The molecule has 0 bridgehead atoms. The molecule has 1 aromatic heterocycles. The number of H-pyrrole nitrogens is 2. The van der Waals surface area contributed by atoms with Gasteiger partial charge in [0.2, 0.25) is 0 Å². The molecule has 0 aromatic carbocycles. The predicted octanol–water partition coefficient (Wildman–Crippen LogP) is 1.15. The molecule has 1 saturated heterocycles. The van der Waals surface area contributed by atoms with Crippen LogP contribution in [0.3, 0.4) is 0 Å². The summed E-state index contributed by atoms with van der Waals surface area (Å²) in [6, 6.07) is 0. The number of nitrogens with zero attached hydrogens (tertiary/aromatic N) is 2. The van der Waals surface area contributed by atoms with Gasteiger partial charge in [0.1, 0.15) is 11.4 Å². The quantitative estimate of drug-likeness (QED) is 0.873. The summed E-state index contributed by atoms with van der Waals surface area (Å²) in [5.74, 6) is 0.866. The van der Waals surface area contributed by atoms with Crippen LogP contribution in [0.15, 0.2) is 4.79 Å². The van der Waals surface area contributed by atoms with Crippen molar-refractivity contribution >= 4 is 5.91 Å². The summed E-state index contributed by atoms with van der Waals surface area (Å²) in [6.45, 7) is 3.88. The lowest BCUT2D eigenvalue weighted by atomic mass is 9.93. The van der Waals surface area contributed by atoms with Gasteiger partial charge in [-0.25, -0.2) is 9.89 Å². The Labute approximate surface area is 129 Å². The molecular formula is C15H24N4O3. The minimum atomic E-state index is -0.615. The zero-order valence-electron chi connectivity index (χ0n) is 13.1. The largest absolute Gasteiger partial charge is 0.365 e. The lowest BCUT2D eigenvalue weighted by Gasteiger charge is -2.38. The van der Waals surface area contributed by atoms with E-state index in [2.05, 4.69) is 15.2 Å². The molecule has 1 atom stereocenters. The van der Waals surface area contributed by atoms with Gasteiger partial charge in [0, 0.05) is 25.6 Å². The van der Waals surface area contributed by atoms with Gasteiger partial charge in [0.25, 0.3) is 5.91 Å². The number of likely N-dealkylation sites (tertiary alicyclic amines) is 1. The molecular weight excluding hydrogens is 284 g/mol. The van der Waals surface area contributed by atoms with Gasteiger partial charge in [-0.15, -0.1) is 0 Å². The van der Waals surface area contributed by atoms with Crippen LogP contribution in [0.2, 0.25) is 0 Å². The average molecular weight is 308 g/mol. The first-order chi connectivity index (χ1) is 10.6. The fourth-order valence-electron chi connectivity index (χ4n) is 3.79. The van der Waals surface area contributed by atoms with Gasteiger partial charge in [0.05, 0.1) is 0 Å². The first kappa shape index (κ1) is 15.3. The maximum absolute atomic E-state index is 13.0. The maximum Gasteiger partial charge on any atom is 0.340 e. The number of aromatic nitrogens is 3. The molecule has 22 heavy (non-hydrogen) atoms. The Morgan fingerprint density at radius 3 is 2.82 bits per heavy atom. The van der Waals surface area contributed by atoms with E-state index in [0.717, 1.165) is 45.1 Å². The van der Waals surface area contributed by atoms with E-state index in [1.54, 1.807) is 0 Å². The monoisotopic (exact) mass is 308 g/mol. The van der Waals surface area contributed by atoms with Gasteiger partial charge in [-0.05, 0) is 45.4 Å². The van der Waals surface area contributed by atoms with Crippen LogP contribution in [0.4, 0.5) is 0 Å². The zero-order valence-corrected chi connectivity index (χ0v) is 13.1. The Morgan fingerprint density at radius 1 is 1.41 bits per heavy atom. The third-order valence-corrected chi connectivity index (χ3v) is 4.84. The van der Waals surface area contributed by atoms with Crippen LogP contribution in [0.1, 0.15) is 57.2 Å². The fourth-order valence-corrected chi connectivity index (χ4v) is 3.79. The summed E-state index contributed by atoms with van der Waals surface area (Å²) < 4.78 is 5.88. The minimum Gasteiger partial charge on any atom is -0.365 e. The van der Waals surface area contributed by atoms with E-state index in [9.17, 15) is 9.59 Å². The fraction of sp³-hybridized carbons (Fsp3) is 0.800. The highest BCUT2D eigenvalue weighted by molar-refractivity contribution is 5.85. The van der Waals surface area contributed by atoms with Crippen molar-refractivity contribution < 1.29 is 9.53 Å². The number of hydrogen-bond acceptors (Lipinski definition) is 4. The second-order valence-electron chi connectivity index (χ2n) is 6.29. The highest BCUT2D eigenvalue weighted by Gasteiger charge is 2.45. The molecule has 2 heterocycles. The molecule has 0 radical (unpaired) electrons. The summed E-state index contributed by atoms with van der Waals surface area (Å²) >= 11 is 0. The van der Waals surface area contributed by atoms with E-state index in [4.69, 9.17) is 4.74 Å². The third kappa shape index (κ3) is 2.82. The molecule has 0 spiro atoms. The van der Waals surface area contributed by atoms with Crippen molar-refractivity contribution in [1.29, 1.82) is 0 Å². The predicted molar refractivity (Wildman–Crippen MR) is 80.6 cm³/mol. The van der Waals surface area contributed by atoms with Gasteiger partial charge in [0.15, 0.2) is 0 Å². The Kier molecular flexibility index (Phi) is 4.33. The molecule has 2 N–H and O–H groups in total. The van der Waals surface area contributed by atoms with Crippen molar-refractivity contribution in [2.45, 2.75) is 57.0 Å². The van der Waals surface area contributed by atoms with E-state index in [1.165, 1.54) is 0 Å². The molecule has 2 fully saturated rings. The summed E-state index contributed by atoms with van der Waals surface area (Å²) in [7, 11) is 0. The van der Waals surface area contributed by atoms with Crippen molar-refractivity contribution in [3.8, 4) is 0 Å². The van der Waals surface area contributed by atoms with Crippen LogP contribution in [-0.4, -0.2) is 51.3 Å². The van der Waals surface area contributed by atoms with Crippen molar-refractivity contribution in [3.05, 3.63) is 16.3 Å². The number of nitrogens with one attached hydrogen (secondary N) is 2. The van der Waals surface area contributed by atoms with Crippen molar-refractivity contribution in [2.24, 2.45) is 0 Å². The number of ether oxygens (including phenoxy) is 1. The number of hydrogen-bond donors (Lipinski definition) is 2. The summed E-state index contributed by atoms with van der Waals surface area (Å²) in [6.07, 6.45) is 5.60. The van der Waals surface area contributed by atoms with Gasteiger partial charge in [-0.2, -0.15) is 5.10 Å². The first-order valence-corrected chi connectivity index (χ1v) is 8.22. The van der Waals surface area contributed by atoms with Crippen molar-refractivity contribution in [2.75, 3.05) is 19.7 Å². The van der Waals surface area contributed by atoms with E-state index in [0.29, 0.717) is 19.0 Å². The van der Waals surface area contributed by atoms with Crippen LogP contribution < -0.4 is 5.69 Å². The number of aromatic amines is 2. The Bertz CT molecular complexity index is 573. The van der Waals surface area contributed by atoms with Crippen molar-refractivity contribution in [3.63, 3.8) is 0 Å². The standard InChI is InChI=1S/C15H24N4O3/c1-2-22-15(7-3-4-8-15)13(20)19-9-5-6-11(10-19)12-16-14(21)18-17-12/h11H,2-10H2,1H3,(H2,16,17,18,21). The number of carbonyl (C=O) groups excluding carboxylic acids is 1. The van der Waals surface area contributed by atoms with E-state index in [1.807, 2.05) is 11.8 Å². The first-order valence-electron chi connectivity index (χ1n) is 8.22. The minimum absolute atomic E-state index is 0.0942. The highest BCUT2D eigenvalue weighted by atomic mass is 16.5. The van der Waals surface area contributed by atoms with E-state index >= 15 is 0 Å². The van der Waals surface area contributed by atoms with Crippen molar-refractivity contribution in [1.82, 2.24) is 20.1 Å². The van der Waals surface area contributed by atoms with Gasteiger partial charge in [-0.1, -0.05) is 0 Å². The Balaban J connectivity index is 1.73. The summed E-state index contributed by atoms with van der Waals surface area (Å²) in [4.78, 5) is 28.8. The normalized spacial score (nSPS) is 24.6. The van der Waals surface area contributed by atoms with Gasteiger partial charge < -0.3 is 9.64 Å². The molecule has 1 unspecified atom stereocenters. The third-order valence-electron chi connectivity index (χ3n) is 4.84. The molecule has 122 valence electrons. The van der Waals surface area contributed by atoms with Crippen LogP contribution in [0.25, 0.3) is 0 Å². The van der Waals surface area contributed by atoms with Crippen LogP contribution in [-0.2, 0) is 9.53 Å². The second-order valence-corrected chi connectivity index (χ2v) is 6.29. The lowest BCUT2D eigenvalue weighted by molar-refractivity contribution is -0.158. The van der Waals surface area contributed by atoms with Crippen LogP contribution in [0.5, 0.6) is 0 Å². The SMILES string of the molecule is CCOC1(C(=O)N2CCCC(c3n[nH]c(=O)[nH]3)C2)CCCC1. The molecule has 7 nitrogen and oxygen atoms in total. The molecule has 7 heteroatoms. The number of piperidine rings is 1. The molecule has 1 aromatic rings. The maximum atomic E-state index is 13.0. The van der Waals surface area contributed by atoms with Crippen LogP contribution >= 0.6 is 0 Å². The molecule has 1 aliphatic heterocycles. The molecule has 2 aliphatic rings. The number of rotatable bonds is 4. The number of amides is 1. The topological polar surface area (TPSA) is 91.1 Å². The molecule has 1 aliphatic carbocycles. The van der Waals surface area contributed by atoms with Crippen LogP contribution in [0, 0.1) is 0 Å². The highest BCUT2D eigenvalue weighted by Crippen LogP contribution is 2.36. The lowest BCUT2D eigenvalue weighted by Crippen LogP contribution is -2.52. The second kappa shape index (κ2) is 6.24. The van der Waals surface area contributed by atoms with Gasteiger partial charge >= 0.3 is 5.69 Å². The zero-order chi connectivity index (χ0) is 15.6. The molecule has 1 amide bonds. The summed E-state index contributed by atoms with van der Waals surface area (Å²) in [5, 5.41) is 6.43. The van der Waals surface area contributed by atoms with E-state index in [-0.39, 0.29) is 17.5 Å². The average Bonchev–Trinajstić information content (AvgIpc) is 3.17. The summed E-state index contributed by atoms with van der Waals surface area (Å²) in [5.41, 5.74) is -0.907. The number of carbonyl (C=O) groups is 1. The van der Waals surface area contributed by atoms with E-state index < -0.39 is 5.60 Å². The smallest absolute Gasteiger partial charge is 0.340 e. The molecule has 1 saturated carbocycles. The Morgan fingerprint density at radius 2 is 2.18 bits per heavy atom.